The van der Waals surface area contributed by atoms with Crippen LogP contribution in [0.5, 0.6) is 0 Å². The molecule has 1 aromatic carbocycles. The van der Waals surface area contributed by atoms with E-state index in [1.54, 1.807) is 10.7 Å². The number of hydrogen-bond donors (Lipinski definition) is 0. The third kappa shape index (κ3) is 3.67. The van der Waals surface area contributed by atoms with E-state index in [2.05, 4.69) is 15.5 Å². The number of thioether (sulfide) groups is 1. The molecule has 160 valence electrons. The second-order valence-corrected chi connectivity index (χ2v) is 9.67. The highest BCUT2D eigenvalue weighted by Gasteiger charge is 2.37. The van der Waals surface area contributed by atoms with Gasteiger partial charge in [-0.25, -0.2) is 0 Å². The number of fused-ring (bicyclic) bond motifs is 4. The Balaban J connectivity index is 1.33. The number of tetrazole rings is 1. The number of likely N-dealkylation sites (tertiary alicyclic amines) is 1. The van der Waals surface area contributed by atoms with Gasteiger partial charge in [0.2, 0.25) is 11.1 Å². The maximum Gasteiger partial charge on any atom is 0.250 e. The van der Waals surface area contributed by atoms with Gasteiger partial charge in [0.1, 0.15) is 0 Å². The van der Waals surface area contributed by atoms with Gasteiger partial charge in [0.25, 0.3) is 5.56 Å². The molecule has 8 nitrogen and oxygen atoms in total. The third-order valence-corrected chi connectivity index (χ3v) is 7.23. The summed E-state index contributed by atoms with van der Waals surface area (Å²) in [6.07, 6.45) is 1.03. The average Bonchev–Trinajstić information content (AvgIpc) is 3.22. The summed E-state index contributed by atoms with van der Waals surface area (Å²) in [7, 11) is 0. The topological polar surface area (TPSA) is 85.9 Å². The van der Waals surface area contributed by atoms with Gasteiger partial charge in [-0.1, -0.05) is 36.0 Å². The van der Waals surface area contributed by atoms with Gasteiger partial charge in [0, 0.05) is 37.3 Å². The number of hydrogen-bond acceptors (Lipinski definition) is 6. The molecule has 1 fully saturated rings. The summed E-state index contributed by atoms with van der Waals surface area (Å²) >= 11 is 1.38. The Labute approximate surface area is 184 Å². The van der Waals surface area contributed by atoms with Gasteiger partial charge in [-0.05, 0) is 54.3 Å². The van der Waals surface area contributed by atoms with Crippen molar-refractivity contribution in [2.75, 3.05) is 13.1 Å². The van der Waals surface area contributed by atoms with Gasteiger partial charge >= 0.3 is 0 Å². The van der Waals surface area contributed by atoms with E-state index in [1.807, 2.05) is 59.7 Å². The Morgan fingerprint density at radius 3 is 2.81 bits per heavy atom. The molecule has 1 saturated heterocycles. The number of nitrogens with zero attached hydrogens (tertiary/aromatic N) is 6. The third-order valence-electron chi connectivity index (χ3n) is 6.21. The molecule has 5 rings (SSSR count). The summed E-state index contributed by atoms with van der Waals surface area (Å²) in [5, 5.41) is 12.4. The van der Waals surface area contributed by atoms with Crippen LogP contribution in [0.4, 0.5) is 0 Å². The van der Waals surface area contributed by atoms with Crippen LogP contribution in [0.15, 0.2) is 52.4 Å². The summed E-state index contributed by atoms with van der Waals surface area (Å²) in [5.74, 6) is 0.607. The molecule has 2 aliphatic rings. The predicted molar refractivity (Wildman–Crippen MR) is 117 cm³/mol. The van der Waals surface area contributed by atoms with Crippen LogP contribution in [0.25, 0.3) is 5.69 Å². The molecule has 0 saturated carbocycles. The van der Waals surface area contributed by atoms with Crippen LogP contribution < -0.4 is 5.56 Å². The summed E-state index contributed by atoms with van der Waals surface area (Å²) in [5.41, 5.74) is 3.07. The molecule has 0 radical (unpaired) electrons. The average molecular weight is 437 g/mol. The van der Waals surface area contributed by atoms with E-state index < -0.39 is 0 Å². The summed E-state index contributed by atoms with van der Waals surface area (Å²) in [6.45, 7) is 5.93. The van der Waals surface area contributed by atoms with Crippen molar-refractivity contribution >= 4 is 17.7 Å². The van der Waals surface area contributed by atoms with E-state index in [-0.39, 0.29) is 22.6 Å². The number of aromatic nitrogens is 5. The predicted octanol–water partition coefficient (Wildman–Crippen LogP) is 2.26. The van der Waals surface area contributed by atoms with Crippen molar-refractivity contribution in [3.05, 3.63) is 64.1 Å². The molecular formula is C22H24N6O2S. The number of benzene rings is 1. The molecular weight excluding hydrogens is 412 g/mol. The maximum atomic E-state index is 13.3. The van der Waals surface area contributed by atoms with Crippen LogP contribution in [0, 0.1) is 12.8 Å². The molecule has 0 aliphatic carbocycles. The highest BCUT2D eigenvalue weighted by Crippen LogP contribution is 2.36. The van der Waals surface area contributed by atoms with E-state index in [0.717, 1.165) is 23.4 Å². The molecule has 3 unspecified atom stereocenters. The summed E-state index contributed by atoms with van der Waals surface area (Å²) in [6, 6.07) is 13.3. The lowest BCUT2D eigenvalue weighted by Crippen LogP contribution is -2.50. The standard InChI is InChI=1S/C22H24N6O2S/c1-14-6-3-4-7-18(14)28-22(23-24-25-28)31-15(2)21(30)26-11-16-10-17(13-26)19-8-5-9-20(29)27(19)12-16/h3-9,15-17H,10-13H2,1-2H3. The minimum Gasteiger partial charge on any atom is -0.341 e. The molecule has 0 N–H and O–H groups in total. The van der Waals surface area contributed by atoms with E-state index >= 15 is 0 Å². The lowest BCUT2D eigenvalue weighted by molar-refractivity contribution is -0.133. The minimum absolute atomic E-state index is 0.0546. The van der Waals surface area contributed by atoms with Crippen molar-refractivity contribution in [3.8, 4) is 5.69 Å². The van der Waals surface area contributed by atoms with Crippen molar-refractivity contribution in [1.29, 1.82) is 0 Å². The Hall–Kier alpha value is -2.94. The number of piperidine rings is 1. The van der Waals surface area contributed by atoms with Gasteiger partial charge in [-0.3, -0.25) is 9.59 Å². The SMILES string of the molecule is Cc1ccccc1-n1nnnc1SC(C)C(=O)N1CC2CC(C1)c1cccc(=O)n1C2. The Morgan fingerprint density at radius 1 is 1.13 bits per heavy atom. The number of amides is 1. The number of aryl methyl sites for hydroxylation is 1. The monoisotopic (exact) mass is 436 g/mol. The number of para-hydroxylation sites is 1. The normalized spacial score (nSPS) is 20.9. The molecule has 1 amide bonds. The second kappa shape index (κ2) is 7.96. The zero-order chi connectivity index (χ0) is 21.5. The fourth-order valence-electron chi connectivity index (χ4n) is 4.75. The highest BCUT2D eigenvalue weighted by molar-refractivity contribution is 8.00. The Bertz CT molecular complexity index is 1190. The van der Waals surface area contributed by atoms with Gasteiger partial charge in [0.05, 0.1) is 10.9 Å². The first-order chi connectivity index (χ1) is 15.0. The second-order valence-electron chi connectivity index (χ2n) is 8.36. The summed E-state index contributed by atoms with van der Waals surface area (Å²) < 4.78 is 3.58. The first-order valence-electron chi connectivity index (χ1n) is 10.5. The van der Waals surface area contributed by atoms with Gasteiger partial charge in [-0.15, -0.1) is 5.10 Å². The molecule has 31 heavy (non-hydrogen) atoms. The van der Waals surface area contributed by atoms with Crippen molar-refractivity contribution in [2.45, 2.75) is 43.1 Å². The van der Waals surface area contributed by atoms with E-state index in [9.17, 15) is 9.59 Å². The Morgan fingerprint density at radius 2 is 1.97 bits per heavy atom. The number of rotatable bonds is 4. The van der Waals surface area contributed by atoms with Gasteiger partial charge in [-0.2, -0.15) is 4.68 Å². The van der Waals surface area contributed by atoms with Crippen molar-refractivity contribution in [3.63, 3.8) is 0 Å². The largest absolute Gasteiger partial charge is 0.341 e. The van der Waals surface area contributed by atoms with Gasteiger partial charge in [0.15, 0.2) is 0 Å². The van der Waals surface area contributed by atoms with Crippen molar-refractivity contribution in [1.82, 2.24) is 29.7 Å². The number of carbonyl (C=O) groups is 1. The molecule has 2 aromatic heterocycles. The van der Waals surface area contributed by atoms with E-state index in [4.69, 9.17) is 0 Å². The molecule has 2 bridgehead atoms. The lowest BCUT2D eigenvalue weighted by atomic mass is 9.83. The van der Waals surface area contributed by atoms with Crippen LogP contribution >= 0.6 is 11.8 Å². The zero-order valence-electron chi connectivity index (χ0n) is 17.5. The van der Waals surface area contributed by atoms with Gasteiger partial charge < -0.3 is 9.47 Å². The fourth-order valence-corrected chi connectivity index (χ4v) is 5.63. The molecule has 3 aromatic rings. The number of carbonyl (C=O) groups excluding carboxylic acids is 1. The first kappa shape index (κ1) is 20.0. The van der Waals surface area contributed by atoms with E-state index in [0.29, 0.717) is 30.7 Å². The van der Waals surface area contributed by atoms with Crippen LogP contribution in [0.2, 0.25) is 0 Å². The van der Waals surface area contributed by atoms with Crippen molar-refractivity contribution < 1.29 is 4.79 Å². The molecule has 0 spiro atoms. The molecule has 3 atom stereocenters. The van der Waals surface area contributed by atoms with Crippen molar-refractivity contribution in [2.24, 2.45) is 5.92 Å². The minimum atomic E-state index is -0.314. The molecule has 2 aliphatic heterocycles. The first-order valence-corrected chi connectivity index (χ1v) is 11.4. The van der Waals surface area contributed by atoms with Crippen LogP contribution in [-0.4, -0.2) is 53.9 Å². The number of pyridine rings is 1. The van der Waals surface area contributed by atoms with Crippen LogP contribution in [0.3, 0.4) is 0 Å². The quantitative estimate of drug-likeness (QED) is 0.583. The van der Waals surface area contributed by atoms with Crippen LogP contribution in [-0.2, 0) is 11.3 Å². The van der Waals surface area contributed by atoms with E-state index in [1.165, 1.54) is 11.8 Å². The molecule has 9 heteroatoms. The summed E-state index contributed by atoms with van der Waals surface area (Å²) in [4.78, 5) is 27.5. The van der Waals surface area contributed by atoms with Crippen LogP contribution in [0.1, 0.15) is 30.5 Å². The maximum absolute atomic E-state index is 13.3. The Kier molecular flexibility index (Phi) is 5.13. The zero-order valence-corrected chi connectivity index (χ0v) is 18.3. The lowest BCUT2D eigenvalue weighted by Gasteiger charge is -2.43. The fraction of sp³-hybridized carbons (Fsp3) is 0.409. The smallest absolute Gasteiger partial charge is 0.250 e. The highest BCUT2D eigenvalue weighted by atomic mass is 32.2. The molecule has 4 heterocycles.